The lowest BCUT2D eigenvalue weighted by Crippen LogP contribution is -2.51. The average Bonchev–Trinajstić information content (AvgIpc) is 1.99. The van der Waals surface area contributed by atoms with Gasteiger partial charge in [-0.05, 0) is 0 Å². The number of hydrogen-bond donors (Lipinski definition) is 0. The predicted octanol–water partition coefficient (Wildman–Crippen LogP) is 1.61. The highest BCUT2D eigenvalue weighted by molar-refractivity contribution is 5.83. The molecule has 0 rings (SSSR count). The van der Waals surface area contributed by atoms with E-state index in [0.29, 0.717) is 0 Å². The molecule has 14 heavy (non-hydrogen) atoms. The van der Waals surface area contributed by atoms with E-state index in [1.165, 1.54) is 0 Å². The summed E-state index contributed by atoms with van der Waals surface area (Å²) in [6, 6.07) is 0. The van der Waals surface area contributed by atoms with Crippen molar-refractivity contribution >= 4 is 5.91 Å². The van der Waals surface area contributed by atoms with E-state index in [4.69, 9.17) is 0 Å². The van der Waals surface area contributed by atoms with Crippen molar-refractivity contribution in [2.45, 2.75) is 18.3 Å². The summed E-state index contributed by atoms with van der Waals surface area (Å²) in [7, 11) is 1.61. The van der Waals surface area contributed by atoms with Gasteiger partial charge in [0, 0.05) is 14.1 Å². The average molecular weight is 223 g/mol. The lowest BCUT2D eigenvalue weighted by molar-refractivity contribution is -0.243. The van der Waals surface area contributed by atoms with Crippen molar-refractivity contribution in [2.24, 2.45) is 0 Å². The maximum atomic E-state index is 12.5. The minimum Gasteiger partial charge on any atom is -0.343 e. The minimum absolute atomic E-state index is 0.193. The summed E-state index contributed by atoms with van der Waals surface area (Å²) in [6.45, 7) is 0. The summed E-state index contributed by atoms with van der Waals surface area (Å²) >= 11 is 0. The lowest BCUT2D eigenvalue weighted by atomic mass is 10.2. The van der Waals surface area contributed by atoms with Crippen LogP contribution in [0.5, 0.6) is 0 Å². The Morgan fingerprint density at radius 2 is 1.50 bits per heavy atom. The number of amides is 1. The van der Waals surface area contributed by atoms with E-state index in [2.05, 4.69) is 0 Å². The molecule has 0 aliphatic carbocycles. The van der Waals surface area contributed by atoms with Crippen LogP contribution in [0.1, 0.15) is 0 Å². The Hall–Kier alpha value is -0.950. The number of alkyl halides is 6. The van der Waals surface area contributed by atoms with E-state index in [-0.39, 0.29) is 4.90 Å². The molecule has 2 nitrogen and oxygen atoms in total. The summed E-state index contributed by atoms with van der Waals surface area (Å²) in [5.74, 6) is -7.30. The standard InChI is InChI=1S/C6H7F6NO/c1-13(2)4(14)5(8,9)3(7)6(10,11)12/h3H,1-2H3. The van der Waals surface area contributed by atoms with Crippen molar-refractivity contribution in [3.63, 3.8) is 0 Å². The third kappa shape index (κ3) is 2.52. The lowest BCUT2D eigenvalue weighted by Gasteiger charge is -2.24. The van der Waals surface area contributed by atoms with Crippen LogP contribution in [0.2, 0.25) is 0 Å². The molecule has 0 fully saturated rings. The molecule has 8 heteroatoms. The first-order valence-electron chi connectivity index (χ1n) is 3.31. The summed E-state index contributed by atoms with van der Waals surface area (Å²) in [5.41, 5.74) is 0. The molecule has 0 aromatic heterocycles. The molecule has 0 aliphatic rings. The summed E-state index contributed by atoms with van der Waals surface area (Å²) in [6.07, 6.45) is -10.2. The zero-order valence-corrected chi connectivity index (χ0v) is 7.20. The fourth-order valence-electron chi connectivity index (χ4n) is 0.612. The number of hydrogen-bond acceptors (Lipinski definition) is 1. The van der Waals surface area contributed by atoms with Crippen molar-refractivity contribution in [2.75, 3.05) is 14.1 Å². The summed E-state index contributed by atoms with van der Waals surface area (Å²) in [5, 5.41) is 0. The number of rotatable bonds is 2. The topological polar surface area (TPSA) is 20.3 Å². The van der Waals surface area contributed by atoms with E-state index >= 15 is 0 Å². The minimum atomic E-state index is -5.75. The van der Waals surface area contributed by atoms with Crippen LogP contribution < -0.4 is 0 Å². The Morgan fingerprint density at radius 3 is 1.71 bits per heavy atom. The Labute approximate surface area is 75.5 Å². The molecule has 0 heterocycles. The highest BCUT2D eigenvalue weighted by atomic mass is 19.4. The molecule has 0 spiro atoms. The van der Waals surface area contributed by atoms with Crippen LogP contribution in [0.25, 0.3) is 0 Å². The van der Waals surface area contributed by atoms with E-state index in [0.717, 1.165) is 14.1 Å². The van der Waals surface area contributed by atoms with Crippen LogP contribution in [0.3, 0.4) is 0 Å². The molecule has 0 bridgehead atoms. The molecule has 1 amide bonds. The molecule has 0 aliphatic heterocycles. The zero-order valence-electron chi connectivity index (χ0n) is 7.20. The smallest absolute Gasteiger partial charge is 0.343 e. The maximum absolute atomic E-state index is 12.5. The third-order valence-electron chi connectivity index (χ3n) is 1.30. The van der Waals surface area contributed by atoms with Gasteiger partial charge >= 0.3 is 12.1 Å². The second kappa shape index (κ2) is 3.66. The normalized spacial score (nSPS) is 15.1. The molecule has 0 N–H and O–H groups in total. The Morgan fingerprint density at radius 1 is 1.14 bits per heavy atom. The van der Waals surface area contributed by atoms with Gasteiger partial charge in [-0.15, -0.1) is 0 Å². The molecule has 0 saturated carbocycles. The van der Waals surface area contributed by atoms with E-state index in [9.17, 15) is 31.1 Å². The van der Waals surface area contributed by atoms with E-state index < -0.39 is 24.2 Å². The Balaban J connectivity index is 4.87. The quantitative estimate of drug-likeness (QED) is 0.651. The fraction of sp³-hybridized carbons (Fsp3) is 0.833. The number of halogens is 6. The third-order valence-corrected chi connectivity index (χ3v) is 1.30. The first-order valence-corrected chi connectivity index (χ1v) is 3.31. The second-order valence-corrected chi connectivity index (χ2v) is 2.73. The Kier molecular flexibility index (Phi) is 3.41. The summed E-state index contributed by atoms with van der Waals surface area (Å²) < 4.78 is 71.7. The van der Waals surface area contributed by atoms with Crippen molar-refractivity contribution in [3.05, 3.63) is 0 Å². The number of nitrogens with zero attached hydrogens (tertiary/aromatic N) is 1. The molecule has 84 valence electrons. The van der Waals surface area contributed by atoms with Crippen molar-refractivity contribution in [3.8, 4) is 0 Å². The van der Waals surface area contributed by atoms with Gasteiger partial charge in [-0.1, -0.05) is 0 Å². The SMILES string of the molecule is CN(C)C(=O)C(F)(F)C(F)C(F)(F)F. The van der Waals surface area contributed by atoms with Crippen molar-refractivity contribution < 1.29 is 31.1 Å². The maximum Gasteiger partial charge on any atom is 0.426 e. The van der Waals surface area contributed by atoms with Crippen LogP contribution in [-0.4, -0.2) is 43.2 Å². The van der Waals surface area contributed by atoms with Crippen LogP contribution in [-0.2, 0) is 4.79 Å². The van der Waals surface area contributed by atoms with Gasteiger partial charge in [0.1, 0.15) is 0 Å². The van der Waals surface area contributed by atoms with Gasteiger partial charge < -0.3 is 4.90 Å². The van der Waals surface area contributed by atoms with Crippen molar-refractivity contribution in [1.82, 2.24) is 4.90 Å². The zero-order chi connectivity index (χ0) is 11.7. The van der Waals surface area contributed by atoms with Crippen LogP contribution in [0.15, 0.2) is 0 Å². The van der Waals surface area contributed by atoms with Crippen molar-refractivity contribution in [1.29, 1.82) is 0 Å². The van der Waals surface area contributed by atoms with E-state index in [1.54, 1.807) is 0 Å². The van der Waals surface area contributed by atoms with Gasteiger partial charge in [-0.3, -0.25) is 4.79 Å². The number of carbonyl (C=O) groups excluding carboxylic acids is 1. The molecule has 0 radical (unpaired) electrons. The fourth-order valence-corrected chi connectivity index (χ4v) is 0.612. The van der Waals surface area contributed by atoms with Gasteiger partial charge in [0.2, 0.25) is 0 Å². The second-order valence-electron chi connectivity index (χ2n) is 2.73. The monoisotopic (exact) mass is 223 g/mol. The van der Waals surface area contributed by atoms with Gasteiger partial charge in [0.05, 0.1) is 0 Å². The van der Waals surface area contributed by atoms with Gasteiger partial charge in [0.25, 0.3) is 12.1 Å². The first kappa shape index (κ1) is 13.0. The molecule has 0 aromatic rings. The summed E-state index contributed by atoms with van der Waals surface area (Å²) in [4.78, 5) is 10.7. The molecular formula is C6H7F6NO. The predicted molar refractivity (Wildman–Crippen MR) is 34.6 cm³/mol. The Bertz CT molecular complexity index is 223. The van der Waals surface area contributed by atoms with E-state index in [1.807, 2.05) is 0 Å². The molecule has 1 atom stereocenters. The first-order chi connectivity index (χ1) is 6.01. The molecule has 0 saturated heterocycles. The molecular weight excluding hydrogens is 216 g/mol. The largest absolute Gasteiger partial charge is 0.426 e. The van der Waals surface area contributed by atoms with Crippen LogP contribution in [0, 0.1) is 0 Å². The number of carbonyl (C=O) groups is 1. The van der Waals surface area contributed by atoms with Gasteiger partial charge in [-0.25, -0.2) is 4.39 Å². The highest BCUT2D eigenvalue weighted by Crippen LogP contribution is 2.35. The molecule has 1 unspecified atom stereocenters. The van der Waals surface area contributed by atoms with Gasteiger partial charge in [0.15, 0.2) is 0 Å². The van der Waals surface area contributed by atoms with Gasteiger partial charge in [-0.2, -0.15) is 22.0 Å². The van der Waals surface area contributed by atoms with Crippen LogP contribution in [0.4, 0.5) is 26.3 Å². The highest BCUT2D eigenvalue weighted by Gasteiger charge is 2.61. The van der Waals surface area contributed by atoms with Crippen LogP contribution >= 0.6 is 0 Å². The molecule has 0 aromatic carbocycles.